The van der Waals surface area contributed by atoms with Crippen LogP contribution in [0.15, 0.2) is 60.9 Å². The average Bonchev–Trinajstić information content (AvgIpc) is 3.48. The summed E-state index contributed by atoms with van der Waals surface area (Å²) in [5, 5.41) is 16.5. The zero-order chi connectivity index (χ0) is 32.3. The number of carbonyl (C=O) groups is 3. The number of amides is 4. The standard InChI is InChI=1S/C31H29ClFN5O6S/c1-17(16-45(2,43)44)38-28(40)22(21-5-3-7-24(33)26(21)32)14-37(30(38)42)15-25(39)35-20-9-8-18-12-31(13-19(18)11-20)23-6-4-10-34-27(23)36-29(31)41/h3-11,14,17,28,40H,12-13,15-16H2,1-2H3,(H,35,39)(H,34,36,41)/t17-,28?,31+/m0/s1. The quantitative estimate of drug-likeness (QED) is 0.354. The van der Waals surface area contributed by atoms with Crippen molar-refractivity contribution < 1.29 is 32.3 Å². The van der Waals surface area contributed by atoms with Gasteiger partial charge in [0.15, 0.2) is 6.23 Å². The fourth-order valence-corrected chi connectivity index (χ4v) is 7.66. The van der Waals surface area contributed by atoms with E-state index in [2.05, 4.69) is 15.6 Å². The van der Waals surface area contributed by atoms with Crippen molar-refractivity contribution >= 4 is 56.4 Å². The zero-order valence-corrected chi connectivity index (χ0v) is 25.8. The molecule has 0 bridgehead atoms. The van der Waals surface area contributed by atoms with Gasteiger partial charge in [-0.05, 0) is 55.2 Å². The third-order valence-corrected chi connectivity index (χ3v) is 9.83. The lowest BCUT2D eigenvalue weighted by Crippen LogP contribution is -2.57. The molecule has 0 radical (unpaired) electrons. The monoisotopic (exact) mass is 653 g/mol. The van der Waals surface area contributed by atoms with E-state index in [1.807, 2.05) is 12.1 Å². The molecule has 1 spiro atoms. The van der Waals surface area contributed by atoms with Crippen LogP contribution in [-0.2, 0) is 37.7 Å². The first-order chi connectivity index (χ1) is 21.3. The molecule has 1 unspecified atom stereocenters. The highest BCUT2D eigenvalue weighted by Crippen LogP contribution is 2.47. The van der Waals surface area contributed by atoms with E-state index < -0.39 is 57.6 Å². The molecule has 45 heavy (non-hydrogen) atoms. The molecule has 3 aromatic rings. The van der Waals surface area contributed by atoms with Gasteiger partial charge in [-0.2, -0.15) is 0 Å². The Labute approximate surface area is 263 Å². The number of nitrogens with one attached hydrogen (secondary N) is 2. The maximum atomic E-state index is 14.3. The van der Waals surface area contributed by atoms with Crippen LogP contribution < -0.4 is 10.6 Å². The molecule has 0 fully saturated rings. The van der Waals surface area contributed by atoms with Gasteiger partial charge in [0.05, 0.1) is 16.2 Å². The largest absolute Gasteiger partial charge is 0.369 e. The lowest BCUT2D eigenvalue weighted by atomic mass is 9.79. The topological polar surface area (TPSA) is 149 Å². The molecule has 2 aliphatic heterocycles. The molecule has 3 atom stereocenters. The van der Waals surface area contributed by atoms with Crippen LogP contribution in [0, 0.1) is 5.82 Å². The van der Waals surface area contributed by atoms with Crippen LogP contribution in [0.4, 0.5) is 20.7 Å². The SMILES string of the molecule is C[C@@H](CS(C)(=O)=O)N1C(=O)N(CC(=O)Nc2ccc3c(c2)C[C@@]2(C3)C(=O)Nc3ncccc32)C=C(c2cccc(F)c2Cl)C1O. The Morgan fingerprint density at radius 3 is 2.71 bits per heavy atom. The first kappa shape index (κ1) is 30.7. The van der Waals surface area contributed by atoms with E-state index in [4.69, 9.17) is 11.6 Å². The molecule has 4 amide bonds. The minimum Gasteiger partial charge on any atom is -0.369 e. The second-order valence-corrected chi connectivity index (χ2v) is 14.2. The molecule has 0 saturated heterocycles. The number of aliphatic hydroxyl groups is 1. The van der Waals surface area contributed by atoms with Gasteiger partial charge in [0.2, 0.25) is 11.8 Å². The first-order valence-electron chi connectivity index (χ1n) is 14.1. The fraction of sp³-hybridized carbons (Fsp3) is 0.290. The van der Waals surface area contributed by atoms with Gasteiger partial charge in [0.1, 0.15) is 28.0 Å². The van der Waals surface area contributed by atoms with Gasteiger partial charge in [0, 0.05) is 47.1 Å². The number of aliphatic hydroxyl groups excluding tert-OH is 1. The van der Waals surface area contributed by atoms with Crippen molar-refractivity contribution in [2.24, 2.45) is 0 Å². The van der Waals surface area contributed by atoms with Gasteiger partial charge < -0.3 is 15.7 Å². The van der Waals surface area contributed by atoms with Crippen molar-refractivity contribution in [1.82, 2.24) is 14.8 Å². The molecule has 234 valence electrons. The van der Waals surface area contributed by atoms with Crippen molar-refractivity contribution in [3.8, 4) is 0 Å². The number of nitrogens with zero attached hydrogens (tertiary/aromatic N) is 3. The Hall–Kier alpha value is -4.33. The number of carbonyl (C=O) groups excluding carboxylic acids is 3. The van der Waals surface area contributed by atoms with E-state index in [1.54, 1.807) is 24.4 Å². The van der Waals surface area contributed by atoms with Crippen molar-refractivity contribution in [2.75, 3.05) is 29.2 Å². The second-order valence-electron chi connectivity index (χ2n) is 11.6. The smallest absolute Gasteiger partial charge is 0.327 e. The van der Waals surface area contributed by atoms with E-state index >= 15 is 0 Å². The van der Waals surface area contributed by atoms with Gasteiger partial charge in [-0.3, -0.25) is 19.4 Å². The molecule has 1 aliphatic carbocycles. The molecule has 0 saturated carbocycles. The number of urea groups is 1. The van der Waals surface area contributed by atoms with E-state index in [0.717, 1.165) is 38.8 Å². The number of sulfone groups is 1. The highest BCUT2D eigenvalue weighted by Gasteiger charge is 2.51. The summed E-state index contributed by atoms with van der Waals surface area (Å²) in [6, 6.07) is 11.2. The molecule has 6 rings (SSSR count). The summed E-state index contributed by atoms with van der Waals surface area (Å²) in [6.07, 6.45) is 3.09. The molecule has 3 heterocycles. The van der Waals surface area contributed by atoms with Crippen LogP contribution in [0.2, 0.25) is 5.02 Å². The van der Waals surface area contributed by atoms with Crippen LogP contribution in [0.25, 0.3) is 5.57 Å². The zero-order valence-electron chi connectivity index (χ0n) is 24.3. The molecule has 1 aromatic heterocycles. The molecule has 2 aromatic carbocycles. The molecular formula is C31H29ClFN5O6S. The normalized spacial score (nSPS) is 21.4. The lowest BCUT2D eigenvalue weighted by Gasteiger charge is -2.41. The third kappa shape index (κ3) is 5.55. The number of fused-ring (bicyclic) bond motifs is 3. The van der Waals surface area contributed by atoms with Crippen molar-refractivity contribution in [2.45, 2.75) is 37.5 Å². The summed E-state index contributed by atoms with van der Waals surface area (Å²) >= 11 is 6.20. The van der Waals surface area contributed by atoms with Crippen LogP contribution in [0.5, 0.6) is 0 Å². The molecule has 14 heteroatoms. The minimum atomic E-state index is -3.57. The van der Waals surface area contributed by atoms with Crippen LogP contribution in [-0.4, -0.2) is 77.0 Å². The Bertz CT molecular complexity index is 1900. The number of hydrogen-bond donors (Lipinski definition) is 3. The minimum absolute atomic E-state index is 0.0136. The number of rotatable bonds is 7. The van der Waals surface area contributed by atoms with E-state index in [0.29, 0.717) is 24.3 Å². The van der Waals surface area contributed by atoms with Crippen molar-refractivity contribution in [3.05, 3.63) is 94.0 Å². The first-order valence-corrected chi connectivity index (χ1v) is 16.5. The third-order valence-electron chi connectivity index (χ3n) is 8.36. The number of halogens is 2. The number of pyridine rings is 1. The van der Waals surface area contributed by atoms with Crippen LogP contribution in [0.1, 0.15) is 29.2 Å². The Kier molecular flexibility index (Phi) is 7.66. The fourth-order valence-electron chi connectivity index (χ4n) is 6.39. The lowest BCUT2D eigenvalue weighted by molar-refractivity contribution is -0.120. The molecule has 3 N–H and O–H groups in total. The predicted octanol–water partition coefficient (Wildman–Crippen LogP) is 3.33. The van der Waals surface area contributed by atoms with Crippen molar-refractivity contribution in [1.29, 1.82) is 0 Å². The summed E-state index contributed by atoms with van der Waals surface area (Å²) in [6.45, 7) is 0.944. The summed E-state index contributed by atoms with van der Waals surface area (Å²) in [4.78, 5) is 46.1. The predicted molar refractivity (Wildman–Crippen MR) is 166 cm³/mol. The second kappa shape index (κ2) is 11.2. The number of anilines is 2. The number of hydrogen-bond acceptors (Lipinski definition) is 7. The van der Waals surface area contributed by atoms with E-state index in [9.17, 15) is 32.3 Å². The molecule has 3 aliphatic rings. The van der Waals surface area contributed by atoms with Gasteiger partial charge in [-0.15, -0.1) is 0 Å². The van der Waals surface area contributed by atoms with Crippen LogP contribution >= 0.6 is 11.6 Å². The van der Waals surface area contributed by atoms with Crippen molar-refractivity contribution in [3.63, 3.8) is 0 Å². The van der Waals surface area contributed by atoms with E-state index in [-0.39, 0.29) is 22.1 Å². The van der Waals surface area contributed by atoms with Crippen LogP contribution in [0.3, 0.4) is 0 Å². The maximum absolute atomic E-state index is 14.3. The van der Waals surface area contributed by atoms with E-state index in [1.165, 1.54) is 25.3 Å². The molecular weight excluding hydrogens is 625 g/mol. The van der Waals surface area contributed by atoms with Gasteiger partial charge in [-0.25, -0.2) is 22.6 Å². The summed E-state index contributed by atoms with van der Waals surface area (Å²) in [5.41, 5.74) is 2.46. The Morgan fingerprint density at radius 1 is 1.20 bits per heavy atom. The Morgan fingerprint density at radius 2 is 1.96 bits per heavy atom. The average molecular weight is 654 g/mol. The van der Waals surface area contributed by atoms with Gasteiger partial charge in [0.25, 0.3) is 0 Å². The molecule has 11 nitrogen and oxygen atoms in total. The Balaban J connectivity index is 1.25. The summed E-state index contributed by atoms with van der Waals surface area (Å²) < 4.78 is 38.4. The summed E-state index contributed by atoms with van der Waals surface area (Å²) in [5.74, 6) is -1.38. The number of aromatic nitrogens is 1. The van der Waals surface area contributed by atoms with Gasteiger partial charge >= 0.3 is 6.03 Å². The summed E-state index contributed by atoms with van der Waals surface area (Å²) in [7, 11) is -3.57. The highest BCUT2D eigenvalue weighted by molar-refractivity contribution is 7.90. The van der Waals surface area contributed by atoms with Gasteiger partial charge in [-0.1, -0.05) is 35.9 Å². The number of benzene rings is 2. The highest BCUT2D eigenvalue weighted by atomic mass is 35.5. The maximum Gasteiger partial charge on any atom is 0.327 e.